The highest BCUT2D eigenvalue weighted by Gasteiger charge is 2.22. The van der Waals surface area contributed by atoms with Gasteiger partial charge in [0, 0.05) is 12.4 Å². The molecule has 27 heavy (non-hydrogen) atoms. The lowest BCUT2D eigenvalue weighted by molar-refractivity contribution is 0.0467. The summed E-state index contributed by atoms with van der Waals surface area (Å²) in [5.74, 6) is -0.520. The van der Waals surface area contributed by atoms with Crippen molar-refractivity contribution in [2.75, 3.05) is 0 Å². The summed E-state index contributed by atoms with van der Waals surface area (Å²) in [6.45, 7) is 3.78. The first-order valence-electron chi connectivity index (χ1n) is 8.45. The van der Waals surface area contributed by atoms with Crippen LogP contribution in [0, 0.1) is 13.8 Å². The van der Waals surface area contributed by atoms with Crippen molar-refractivity contribution in [1.29, 1.82) is 0 Å². The average Bonchev–Trinajstić information content (AvgIpc) is 3.22. The van der Waals surface area contributed by atoms with E-state index >= 15 is 0 Å². The van der Waals surface area contributed by atoms with Gasteiger partial charge < -0.3 is 9.14 Å². The maximum atomic E-state index is 12.6. The molecule has 0 N–H and O–H groups in total. The number of aryl methyl sites for hydroxylation is 2. The third-order valence-electron chi connectivity index (χ3n) is 4.29. The first-order chi connectivity index (χ1) is 13.0. The average molecular weight is 381 g/mol. The summed E-state index contributed by atoms with van der Waals surface area (Å²) in [4.78, 5) is 17.1. The summed E-state index contributed by atoms with van der Waals surface area (Å²) in [5.41, 5.74) is 4.12. The third kappa shape index (κ3) is 3.19. The molecular formula is C20H17ClN4O2. The molecule has 0 atom stereocenters. The van der Waals surface area contributed by atoms with Gasteiger partial charge in [-0.25, -0.2) is 14.5 Å². The number of hydrogen-bond donors (Lipinski definition) is 0. The van der Waals surface area contributed by atoms with Gasteiger partial charge in [-0.15, -0.1) is 0 Å². The number of carbonyl (C=O) groups is 1. The number of halogens is 1. The zero-order valence-corrected chi connectivity index (χ0v) is 15.6. The van der Waals surface area contributed by atoms with Gasteiger partial charge in [-0.05, 0) is 37.6 Å². The fourth-order valence-electron chi connectivity index (χ4n) is 2.96. The summed E-state index contributed by atoms with van der Waals surface area (Å²) >= 11 is 6.41. The van der Waals surface area contributed by atoms with Crippen molar-refractivity contribution in [3.63, 3.8) is 0 Å². The van der Waals surface area contributed by atoms with Crippen LogP contribution in [0.3, 0.4) is 0 Å². The standard InChI is InChI=1S/C20H17ClN4O2/c1-13-7-6-10-24-11-15(22-19(13)24)12-27-20(26)17-14(2)23-25(18(17)21)16-8-4-3-5-9-16/h3-11H,12H2,1-2H3. The number of aromatic nitrogens is 4. The summed E-state index contributed by atoms with van der Waals surface area (Å²) in [5, 5.41) is 4.60. The largest absolute Gasteiger partial charge is 0.455 e. The second kappa shape index (κ2) is 6.89. The van der Waals surface area contributed by atoms with Crippen LogP contribution in [0.25, 0.3) is 11.3 Å². The van der Waals surface area contributed by atoms with Crippen LogP contribution in [0.2, 0.25) is 5.15 Å². The lowest BCUT2D eigenvalue weighted by atomic mass is 10.2. The van der Waals surface area contributed by atoms with Gasteiger partial charge in [0.25, 0.3) is 0 Å². The number of rotatable bonds is 4. The Balaban J connectivity index is 1.56. The Kier molecular flexibility index (Phi) is 4.41. The number of benzene rings is 1. The lowest BCUT2D eigenvalue weighted by Crippen LogP contribution is -2.07. The van der Waals surface area contributed by atoms with Crippen molar-refractivity contribution in [1.82, 2.24) is 19.2 Å². The zero-order valence-electron chi connectivity index (χ0n) is 14.9. The molecule has 0 aliphatic rings. The fourth-order valence-corrected chi connectivity index (χ4v) is 3.31. The molecule has 3 aromatic heterocycles. The minimum Gasteiger partial charge on any atom is -0.455 e. The Bertz CT molecular complexity index is 1130. The highest BCUT2D eigenvalue weighted by atomic mass is 35.5. The van der Waals surface area contributed by atoms with Crippen molar-refractivity contribution in [3.8, 4) is 5.69 Å². The Morgan fingerprint density at radius 1 is 1.15 bits per heavy atom. The summed E-state index contributed by atoms with van der Waals surface area (Å²) < 4.78 is 8.88. The van der Waals surface area contributed by atoms with Gasteiger partial charge >= 0.3 is 5.97 Å². The molecule has 0 unspecified atom stereocenters. The number of para-hydroxylation sites is 1. The van der Waals surface area contributed by atoms with E-state index in [9.17, 15) is 4.79 Å². The topological polar surface area (TPSA) is 61.4 Å². The van der Waals surface area contributed by atoms with Crippen molar-refractivity contribution in [2.45, 2.75) is 20.5 Å². The minimum atomic E-state index is -0.520. The van der Waals surface area contributed by atoms with Crippen molar-refractivity contribution >= 4 is 23.2 Å². The molecular weight excluding hydrogens is 364 g/mol. The number of fused-ring (bicyclic) bond motifs is 1. The molecule has 0 radical (unpaired) electrons. The van der Waals surface area contributed by atoms with E-state index in [2.05, 4.69) is 10.1 Å². The van der Waals surface area contributed by atoms with E-state index in [4.69, 9.17) is 16.3 Å². The summed E-state index contributed by atoms with van der Waals surface area (Å²) in [7, 11) is 0. The highest BCUT2D eigenvalue weighted by molar-refractivity contribution is 6.33. The number of esters is 1. The van der Waals surface area contributed by atoms with E-state index < -0.39 is 5.97 Å². The van der Waals surface area contributed by atoms with Crippen LogP contribution in [0.5, 0.6) is 0 Å². The predicted octanol–water partition coefficient (Wildman–Crippen LogP) is 4.15. The van der Waals surface area contributed by atoms with Crippen LogP contribution in [0.4, 0.5) is 0 Å². The number of ether oxygens (including phenoxy) is 1. The lowest BCUT2D eigenvalue weighted by Gasteiger charge is -2.04. The van der Waals surface area contributed by atoms with Crippen LogP contribution in [-0.2, 0) is 11.3 Å². The van der Waals surface area contributed by atoms with E-state index in [0.717, 1.165) is 16.9 Å². The van der Waals surface area contributed by atoms with Crippen LogP contribution in [0.15, 0.2) is 54.9 Å². The molecule has 0 aliphatic heterocycles. The Morgan fingerprint density at radius 2 is 1.93 bits per heavy atom. The molecule has 6 nitrogen and oxygen atoms in total. The molecule has 0 fully saturated rings. The van der Waals surface area contributed by atoms with Gasteiger partial charge in [-0.3, -0.25) is 0 Å². The van der Waals surface area contributed by atoms with Crippen molar-refractivity contribution in [3.05, 3.63) is 82.5 Å². The maximum absolute atomic E-state index is 12.6. The van der Waals surface area contributed by atoms with Crippen molar-refractivity contribution in [2.24, 2.45) is 0 Å². The van der Waals surface area contributed by atoms with Gasteiger partial charge in [0.2, 0.25) is 0 Å². The van der Waals surface area contributed by atoms with E-state index in [0.29, 0.717) is 11.4 Å². The van der Waals surface area contributed by atoms with Gasteiger partial charge in [-0.2, -0.15) is 5.10 Å². The van der Waals surface area contributed by atoms with Crippen LogP contribution in [0.1, 0.15) is 27.3 Å². The Morgan fingerprint density at radius 3 is 2.67 bits per heavy atom. The highest BCUT2D eigenvalue weighted by Crippen LogP contribution is 2.24. The molecule has 0 saturated carbocycles. The predicted molar refractivity (Wildman–Crippen MR) is 102 cm³/mol. The molecule has 7 heteroatoms. The van der Waals surface area contributed by atoms with Crippen molar-refractivity contribution < 1.29 is 9.53 Å². The number of nitrogens with zero attached hydrogens (tertiary/aromatic N) is 4. The third-order valence-corrected chi connectivity index (χ3v) is 4.64. The Labute approximate surface area is 161 Å². The second-order valence-corrected chi connectivity index (χ2v) is 6.59. The molecule has 0 saturated heterocycles. The molecule has 0 spiro atoms. The first kappa shape index (κ1) is 17.3. The maximum Gasteiger partial charge on any atom is 0.343 e. The minimum absolute atomic E-state index is 0.0617. The smallest absolute Gasteiger partial charge is 0.343 e. The molecule has 3 heterocycles. The van der Waals surface area contributed by atoms with Crippen LogP contribution in [-0.4, -0.2) is 25.1 Å². The number of pyridine rings is 1. The monoisotopic (exact) mass is 380 g/mol. The second-order valence-electron chi connectivity index (χ2n) is 6.23. The van der Waals surface area contributed by atoms with Gasteiger partial charge in [0.05, 0.1) is 17.1 Å². The molecule has 136 valence electrons. The van der Waals surface area contributed by atoms with E-state index in [1.165, 1.54) is 4.68 Å². The van der Waals surface area contributed by atoms with Gasteiger partial charge in [-0.1, -0.05) is 35.9 Å². The van der Waals surface area contributed by atoms with Crippen LogP contribution >= 0.6 is 11.6 Å². The molecule has 1 aromatic carbocycles. The van der Waals surface area contributed by atoms with Gasteiger partial charge in [0.15, 0.2) is 0 Å². The number of imidazole rings is 1. The molecule has 4 aromatic rings. The van der Waals surface area contributed by atoms with E-state index in [1.54, 1.807) is 6.92 Å². The summed E-state index contributed by atoms with van der Waals surface area (Å²) in [6, 6.07) is 13.3. The number of hydrogen-bond acceptors (Lipinski definition) is 4. The quantitative estimate of drug-likeness (QED) is 0.499. The van der Waals surface area contributed by atoms with E-state index in [-0.39, 0.29) is 17.3 Å². The number of carbonyl (C=O) groups excluding carboxylic acids is 1. The first-order valence-corrected chi connectivity index (χ1v) is 8.83. The fraction of sp³-hybridized carbons (Fsp3) is 0.150. The zero-order chi connectivity index (χ0) is 19.0. The molecule has 4 rings (SSSR count). The molecule has 0 amide bonds. The SMILES string of the molecule is Cc1nn(-c2ccccc2)c(Cl)c1C(=O)OCc1cn2cccc(C)c2n1. The van der Waals surface area contributed by atoms with Crippen LogP contribution < -0.4 is 0 Å². The van der Waals surface area contributed by atoms with Gasteiger partial charge in [0.1, 0.15) is 23.0 Å². The Hall–Kier alpha value is -3.12. The normalized spacial score (nSPS) is 11.1. The summed E-state index contributed by atoms with van der Waals surface area (Å²) in [6.07, 6.45) is 3.75. The molecule has 0 bridgehead atoms. The molecule has 0 aliphatic carbocycles. The van der Waals surface area contributed by atoms with E-state index in [1.807, 2.05) is 66.2 Å².